The molecule has 2 aromatic rings. The van der Waals surface area contributed by atoms with Gasteiger partial charge in [0.05, 0.1) is 0 Å². The highest BCUT2D eigenvalue weighted by atomic mass is 31.0. The summed E-state index contributed by atoms with van der Waals surface area (Å²) in [4.78, 5) is 0. The summed E-state index contributed by atoms with van der Waals surface area (Å²) in [6.07, 6.45) is 3.22. The summed E-state index contributed by atoms with van der Waals surface area (Å²) in [7, 11) is 2.76. The normalized spacial score (nSPS) is 11.8. The molecule has 0 spiro atoms. The summed E-state index contributed by atoms with van der Waals surface area (Å²) in [6, 6.07) is 13.0. The number of hydrogen-bond acceptors (Lipinski definition) is 0. The van der Waals surface area contributed by atoms with E-state index in [0.717, 1.165) is 11.4 Å². The van der Waals surface area contributed by atoms with Crippen molar-refractivity contribution in [3.05, 3.63) is 69.1 Å². The van der Waals surface area contributed by atoms with Gasteiger partial charge in [-0.1, -0.05) is 48.5 Å². The second kappa shape index (κ2) is 5.50. The van der Waals surface area contributed by atoms with E-state index in [4.69, 9.17) is 0 Å². The number of hydrogen-bond donors (Lipinski definition) is 0. The SMILES string of the molecule is C=c1cc(C)cc/c1=C/c1ccc(CP)cc1C. The maximum atomic E-state index is 4.11. The topological polar surface area (TPSA) is 0 Å². The van der Waals surface area contributed by atoms with Gasteiger partial charge < -0.3 is 0 Å². The van der Waals surface area contributed by atoms with Crippen LogP contribution < -0.4 is 10.4 Å². The van der Waals surface area contributed by atoms with Crippen LogP contribution in [0.4, 0.5) is 0 Å². The molecule has 0 aliphatic heterocycles. The first-order chi connectivity index (χ1) is 8.60. The second-order valence-electron chi connectivity index (χ2n) is 4.74. The van der Waals surface area contributed by atoms with Crippen molar-refractivity contribution in [1.29, 1.82) is 0 Å². The van der Waals surface area contributed by atoms with Gasteiger partial charge in [0.15, 0.2) is 0 Å². The van der Waals surface area contributed by atoms with Crippen molar-refractivity contribution in [3.63, 3.8) is 0 Å². The molecule has 0 aliphatic rings. The van der Waals surface area contributed by atoms with E-state index in [2.05, 4.69) is 72.1 Å². The van der Waals surface area contributed by atoms with Crippen LogP contribution in [0.25, 0.3) is 12.7 Å². The molecule has 0 bridgehead atoms. The van der Waals surface area contributed by atoms with Crippen molar-refractivity contribution in [2.75, 3.05) is 0 Å². The summed E-state index contributed by atoms with van der Waals surface area (Å²) < 4.78 is 0. The monoisotopic (exact) mass is 254 g/mol. The van der Waals surface area contributed by atoms with Gasteiger partial charge in [-0.25, -0.2) is 0 Å². The summed E-state index contributed by atoms with van der Waals surface area (Å²) in [5.74, 6) is 0. The summed E-state index contributed by atoms with van der Waals surface area (Å²) in [5.41, 5.74) is 5.20. The minimum Gasteiger partial charge on any atom is -0.133 e. The molecule has 0 saturated heterocycles. The Labute approximate surface area is 111 Å². The second-order valence-corrected chi connectivity index (χ2v) is 5.15. The Balaban J connectivity index is 2.53. The van der Waals surface area contributed by atoms with Crippen LogP contribution in [0, 0.1) is 13.8 Å². The fourth-order valence-corrected chi connectivity index (χ4v) is 2.32. The Kier molecular flexibility index (Phi) is 3.99. The highest BCUT2D eigenvalue weighted by molar-refractivity contribution is 7.15. The molecule has 18 heavy (non-hydrogen) atoms. The van der Waals surface area contributed by atoms with Crippen LogP contribution in [-0.4, -0.2) is 0 Å². The lowest BCUT2D eigenvalue weighted by Gasteiger charge is -2.03. The lowest BCUT2D eigenvalue weighted by Crippen LogP contribution is -2.22. The van der Waals surface area contributed by atoms with Gasteiger partial charge >= 0.3 is 0 Å². The van der Waals surface area contributed by atoms with Crippen molar-refractivity contribution >= 4 is 21.9 Å². The third-order valence-corrected chi connectivity index (χ3v) is 3.65. The fourth-order valence-electron chi connectivity index (χ4n) is 2.07. The van der Waals surface area contributed by atoms with Crippen LogP contribution in [0.2, 0.25) is 0 Å². The maximum Gasteiger partial charge on any atom is -0.0128 e. The highest BCUT2D eigenvalue weighted by Crippen LogP contribution is 2.13. The Morgan fingerprint density at radius 2 is 1.89 bits per heavy atom. The average Bonchev–Trinajstić information content (AvgIpc) is 2.34. The molecule has 0 aromatic heterocycles. The molecule has 0 N–H and O–H groups in total. The standard InChI is InChI=1S/C17H19P/c1-12-4-6-16(13(2)8-12)10-17-7-5-15(11-18)9-14(17)3/h4-10H,2,11,18H2,1,3H3/b16-10-. The summed E-state index contributed by atoms with van der Waals surface area (Å²) >= 11 is 0. The molecule has 92 valence electrons. The van der Waals surface area contributed by atoms with E-state index in [9.17, 15) is 0 Å². The minimum absolute atomic E-state index is 1.01. The largest absolute Gasteiger partial charge is 0.133 e. The van der Waals surface area contributed by atoms with Crippen LogP contribution in [-0.2, 0) is 6.16 Å². The molecule has 1 atom stereocenters. The number of rotatable bonds is 2. The molecule has 1 unspecified atom stereocenters. The van der Waals surface area contributed by atoms with Gasteiger partial charge in [0.1, 0.15) is 0 Å². The van der Waals surface area contributed by atoms with Gasteiger partial charge in [-0.3, -0.25) is 0 Å². The zero-order valence-corrected chi connectivity index (χ0v) is 12.2. The van der Waals surface area contributed by atoms with Gasteiger partial charge in [0, 0.05) is 0 Å². The summed E-state index contributed by atoms with van der Waals surface area (Å²) in [6.45, 7) is 8.36. The van der Waals surface area contributed by atoms with E-state index in [0.29, 0.717) is 0 Å². The lowest BCUT2D eigenvalue weighted by atomic mass is 10.0. The van der Waals surface area contributed by atoms with Crippen LogP contribution in [0.1, 0.15) is 22.3 Å². The first kappa shape index (κ1) is 13.1. The van der Waals surface area contributed by atoms with Gasteiger partial charge in [0.2, 0.25) is 0 Å². The van der Waals surface area contributed by atoms with E-state index in [1.165, 1.54) is 27.5 Å². The molecule has 0 aliphatic carbocycles. The maximum absolute atomic E-state index is 4.11. The molecule has 2 aromatic carbocycles. The molecule has 1 heteroatoms. The Morgan fingerprint density at radius 3 is 2.50 bits per heavy atom. The highest BCUT2D eigenvalue weighted by Gasteiger charge is 1.96. The minimum atomic E-state index is 1.01. The van der Waals surface area contributed by atoms with Crippen LogP contribution in [0.5, 0.6) is 0 Å². The van der Waals surface area contributed by atoms with Gasteiger partial charge in [-0.2, -0.15) is 0 Å². The van der Waals surface area contributed by atoms with Crippen molar-refractivity contribution in [1.82, 2.24) is 0 Å². The van der Waals surface area contributed by atoms with E-state index < -0.39 is 0 Å². The van der Waals surface area contributed by atoms with Gasteiger partial charge in [-0.15, -0.1) is 9.24 Å². The molecule has 0 nitrogen and oxygen atoms in total. The first-order valence-electron chi connectivity index (χ1n) is 6.17. The summed E-state index contributed by atoms with van der Waals surface area (Å²) in [5, 5.41) is 2.28. The Hall–Kier alpha value is -1.39. The zero-order chi connectivity index (χ0) is 13.1. The van der Waals surface area contributed by atoms with Crippen molar-refractivity contribution < 1.29 is 0 Å². The van der Waals surface area contributed by atoms with E-state index in [1.54, 1.807) is 0 Å². The van der Waals surface area contributed by atoms with Gasteiger partial charge in [-0.05, 0) is 53.2 Å². The quantitative estimate of drug-likeness (QED) is 0.723. The van der Waals surface area contributed by atoms with Crippen molar-refractivity contribution in [2.24, 2.45) is 0 Å². The molecule has 0 fully saturated rings. The molecule has 2 rings (SSSR count). The van der Waals surface area contributed by atoms with Crippen LogP contribution in [0.3, 0.4) is 0 Å². The third-order valence-electron chi connectivity index (χ3n) is 3.18. The molecule has 0 saturated carbocycles. The number of benzene rings is 2. The molecular formula is C17H19P. The molecule has 0 radical (unpaired) electrons. The zero-order valence-electron chi connectivity index (χ0n) is 11.0. The molecular weight excluding hydrogens is 235 g/mol. The van der Waals surface area contributed by atoms with Crippen LogP contribution in [0.15, 0.2) is 36.4 Å². The smallest absolute Gasteiger partial charge is 0.0128 e. The van der Waals surface area contributed by atoms with Gasteiger partial charge in [0.25, 0.3) is 0 Å². The van der Waals surface area contributed by atoms with Crippen molar-refractivity contribution in [2.45, 2.75) is 20.0 Å². The van der Waals surface area contributed by atoms with E-state index in [1.807, 2.05) is 0 Å². The third kappa shape index (κ3) is 2.89. The predicted octanol–water partition coefficient (Wildman–Crippen LogP) is 2.92. The average molecular weight is 254 g/mol. The molecule has 0 heterocycles. The predicted molar refractivity (Wildman–Crippen MR) is 84.1 cm³/mol. The van der Waals surface area contributed by atoms with E-state index >= 15 is 0 Å². The fraction of sp³-hybridized carbons (Fsp3) is 0.176. The Morgan fingerprint density at radius 1 is 1.11 bits per heavy atom. The van der Waals surface area contributed by atoms with Crippen molar-refractivity contribution in [3.8, 4) is 0 Å². The lowest BCUT2D eigenvalue weighted by molar-refractivity contribution is 1.33. The number of aryl methyl sites for hydroxylation is 2. The first-order valence-corrected chi connectivity index (χ1v) is 6.99. The van der Waals surface area contributed by atoms with E-state index in [-0.39, 0.29) is 0 Å². The Bertz CT molecular complexity index is 668. The molecule has 0 amide bonds. The van der Waals surface area contributed by atoms with Crippen LogP contribution >= 0.6 is 9.24 Å².